The van der Waals surface area contributed by atoms with Crippen molar-refractivity contribution in [2.45, 2.75) is 39.7 Å². The minimum Gasteiger partial charge on any atom is -0.360 e. The molecule has 1 N–H and O–H groups in total. The van der Waals surface area contributed by atoms with Crippen molar-refractivity contribution in [2.75, 3.05) is 5.32 Å². The van der Waals surface area contributed by atoms with Gasteiger partial charge in [-0.15, -0.1) is 0 Å². The number of hydrogen-bond donors (Lipinski definition) is 1. The summed E-state index contributed by atoms with van der Waals surface area (Å²) in [5.74, 6) is 1.65. The van der Waals surface area contributed by atoms with E-state index in [1.807, 2.05) is 6.20 Å². The lowest BCUT2D eigenvalue weighted by atomic mass is 9.88. The SMILES string of the molecule is Cc1ccc(Cn2ccc(NC(=O)c3noc4c3C[C@@H](C)CC4)n2)cc1. The van der Waals surface area contributed by atoms with Crippen LogP contribution < -0.4 is 5.32 Å². The van der Waals surface area contributed by atoms with Gasteiger partial charge < -0.3 is 9.84 Å². The number of nitrogens with zero attached hydrogens (tertiary/aromatic N) is 3. The molecular formula is C20H22N4O2. The summed E-state index contributed by atoms with van der Waals surface area (Å²) in [5, 5.41) is 11.3. The van der Waals surface area contributed by atoms with Crippen LogP contribution in [0.4, 0.5) is 5.82 Å². The van der Waals surface area contributed by atoms with Crippen LogP contribution in [0.25, 0.3) is 0 Å². The lowest BCUT2D eigenvalue weighted by molar-refractivity contribution is 0.101. The maximum Gasteiger partial charge on any atom is 0.279 e. The Kier molecular flexibility index (Phi) is 4.32. The van der Waals surface area contributed by atoms with Crippen molar-refractivity contribution in [1.29, 1.82) is 0 Å². The Morgan fingerprint density at radius 1 is 1.31 bits per heavy atom. The minimum atomic E-state index is -0.260. The second kappa shape index (κ2) is 6.78. The number of fused-ring (bicyclic) bond motifs is 1. The average molecular weight is 350 g/mol. The highest BCUT2D eigenvalue weighted by Gasteiger charge is 2.27. The third-order valence-corrected chi connectivity index (χ3v) is 4.85. The summed E-state index contributed by atoms with van der Waals surface area (Å²) in [6.45, 7) is 4.91. The lowest BCUT2D eigenvalue weighted by Crippen LogP contribution is -2.18. The molecule has 0 fully saturated rings. The van der Waals surface area contributed by atoms with E-state index in [0.717, 1.165) is 36.1 Å². The van der Waals surface area contributed by atoms with Gasteiger partial charge in [-0.25, -0.2) is 0 Å². The number of anilines is 1. The second-order valence-electron chi connectivity index (χ2n) is 7.12. The van der Waals surface area contributed by atoms with Crippen molar-refractivity contribution >= 4 is 11.7 Å². The molecule has 26 heavy (non-hydrogen) atoms. The van der Waals surface area contributed by atoms with Crippen LogP contribution >= 0.6 is 0 Å². The fourth-order valence-corrected chi connectivity index (χ4v) is 3.33. The Labute approximate surface area is 152 Å². The van der Waals surface area contributed by atoms with E-state index in [1.54, 1.807) is 10.7 Å². The van der Waals surface area contributed by atoms with E-state index in [4.69, 9.17) is 4.52 Å². The number of amides is 1. The molecule has 0 radical (unpaired) electrons. The van der Waals surface area contributed by atoms with Crippen LogP contribution in [0.1, 0.15) is 46.3 Å². The van der Waals surface area contributed by atoms with E-state index in [-0.39, 0.29) is 5.91 Å². The largest absolute Gasteiger partial charge is 0.360 e. The van der Waals surface area contributed by atoms with Gasteiger partial charge in [0.2, 0.25) is 0 Å². The molecule has 0 aliphatic heterocycles. The number of aryl methyl sites for hydroxylation is 2. The Morgan fingerprint density at radius 3 is 2.92 bits per heavy atom. The zero-order valence-corrected chi connectivity index (χ0v) is 15.0. The molecule has 1 atom stereocenters. The van der Waals surface area contributed by atoms with E-state index in [9.17, 15) is 4.79 Å². The normalized spacial score (nSPS) is 16.3. The monoisotopic (exact) mass is 350 g/mol. The summed E-state index contributed by atoms with van der Waals surface area (Å²) in [6, 6.07) is 10.1. The molecule has 0 saturated heterocycles. The summed E-state index contributed by atoms with van der Waals surface area (Å²) >= 11 is 0. The molecule has 6 nitrogen and oxygen atoms in total. The van der Waals surface area contributed by atoms with E-state index in [1.165, 1.54) is 5.56 Å². The van der Waals surface area contributed by atoms with Gasteiger partial charge >= 0.3 is 0 Å². The van der Waals surface area contributed by atoms with Gasteiger partial charge in [-0.05, 0) is 31.2 Å². The minimum absolute atomic E-state index is 0.260. The zero-order valence-electron chi connectivity index (χ0n) is 15.0. The standard InChI is InChI=1S/C20H22N4O2/c1-13-3-6-15(7-4-13)12-24-10-9-18(22-24)21-20(25)19-16-11-14(2)5-8-17(16)26-23-19/h3-4,6-7,9-10,14H,5,8,11-12H2,1-2H3,(H,21,22,25)/t14-/m0/s1. The Bertz CT molecular complexity index is 924. The van der Waals surface area contributed by atoms with Gasteiger partial charge in [0.25, 0.3) is 5.91 Å². The van der Waals surface area contributed by atoms with Gasteiger partial charge in [-0.1, -0.05) is 41.9 Å². The molecule has 1 aliphatic rings. The molecular weight excluding hydrogens is 328 g/mol. The number of carbonyl (C=O) groups excluding carboxylic acids is 1. The second-order valence-corrected chi connectivity index (χ2v) is 7.12. The van der Waals surface area contributed by atoms with Gasteiger partial charge in [0.05, 0.1) is 6.54 Å². The van der Waals surface area contributed by atoms with Gasteiger partial charge in [0, 0.05) is 24.2 Å². The number of benzene rings is 1. The molecule has 0 unspecified atom stereocenters. The number of hydrogen-bond acceptors (Lipinski definition) is 4. The molecule has 0 saturated carbocycles. The molecule has 0 spiro atoms. The van der Waals surface area contributed by atoms with E-state index < -0.39 is 0 Å². The number of nitrogens with one attached hydrogen (secondary N) is 1. The average Bonchev–Trinajstić information content (AvgIpc) is 3.23. The predicted octanol–water partition coefficient (Wildman–Crippen LogP) is 3.60. The first-order chi connectivity index (χ1) is 12.6. The van der Waals surface area contributed by atoms with Gasteiger partial charge in [-0.3, -0.25) is 9.48 Å². The predicted molar refractivity (Wildman–Crippen MR) is 98.2 cm³/mol. The molecule has 3 aromatic rings. The summed E-state index contributed by atoms with van der Waals surface area (Å²) in [5.41, 5.74) is 3.73. The van der Waals surface area contributed by atoms with Crippen molar-refractivity contribution in [1.82, 2.24) is 14.9 Å². The highest BCUT2D eigenvalue weighted by molar-refractivity contribution is 6.03. The molecule has 2 aromatic heterocycles. The topological polar surface area (TPSA) is 73.0 Å². The highest BCUT2D eigenvalue weighted by atomic mass is 16.5. The summed E-state index contributed by atoms with van der Waals surface area (Å²) in [7, 11) is 0. The van der Waals surface area contributed by atoms with Crippen LogP contribution in [0.5, 0.6) is 0 Å². The first-order valence-corrected chi connectivity index (χ1v) is 8.96. The third kappa shape index (κ3) is 3.40. The van der Waals surface area contributed by atoms with Crippen molar-refractivity contribution in [3.05, 3.63) is 64.7 Å². The van der Waals surface area contributed by atoms with Crippen LogP contribution in [0, 0.1) is 12.8 Å². The maximum atomic E-state index is 12.6. The molecule has 0 bridgehead atoms. The van der Waals surface area contributed by atoms with Crippen LogP contribution in [-0.2, 0) is 19.4 Å². The molecule has 1 aromatic carbocycles. The quantitative estimate of drug-likeness (QED) is 0.780. The van der Waals surface area contributed by atoms with Crippen LogP contribution in [0.15, 0.2) is 41.1 Å². The highest BCUT2D eigenvalue weighted by Crippen LogP contribution is 2.28. The molecule has 2 heterocycles. The first-order valence-electron chi connectivity index (χ1n) is 8.96. The summed E-state index contributed by atoms with van der Waals surface area (Å²) < 4.78 is 7.16. The summed E-state index contributed by atoms with van der Waals surface area (Å²) in [6.07, 6.45) is 4.62. The number of aromatic nitrogens is 3. The molecule has 1 aliphatic carbocycles. The van der Waals surface area contributed by atoms with Crippen molar-refractivity contribution in [3.63, 3.8) is 0 Å². The zero-order chi connectivity index (χ0) is 18.1. The molecule has 6 heteroatoms. The Balaban J connectivity index is 1.45. The van der Waals surface area contributed by atoms with Crippen molar-refractivity contribution in [3.8, 4) is 0 Å². The number of rotatable bonds is 4. The lowest BCUT2D eigenvalue weighted by Gasteiger charge is -2.16. The Morgan fingerprint density at radius 2 is 2.12 bits per heavy atom. The third-order valence-electron chi connectivity index (χ3n) is 4.85. The maximum absolute atomic E-state index is 12.6. The molecule has 4 rings (SSSR count). The van der Waals surface area contributed by atoms with Gasteiger partial charge in [0.1, 0.15) is 5.76 Å². The fraction of sp³-hybridized carbons (Fsp3) is 0.350. The fourth-order valence-electron chi connectivity index (χ4n) is 3.33. The number of carbonyl (C=O) groups is 1. The smallest absolute Gasteiger partial charge is 0.279 e. The molecule has 1 amide bonds. The van der Waals surface area contributed by atoms with Gasteiger partial charge in [-0.2, -0.15) is 5.10 Å². The Hall–Kier alpha value is -2.89. The molecule has 134 valence electrons. The van der Waals surface area contributed by atoms with Crippen molar-refractivity contribution < 1.29 is 9.32 Å². The summed E-state index contributed by atoms with van der Waals surface area (Å²) in [4.78, 5) is 12.6. The first kappa shape index (κ1) is 16.6. The van der Waals surface area contributed by atoms with E-state index in [0.29, 0.717) is 24.0 Å². The van der Waals surface area contributed by atoms with E-state index in [2.05, 4.69) is 53.7 Å². The van der Waals surface area contributed by atoms with E-state index >= 15 is 0 Å². The van der Waals surface area contributed by atoms with Crippen molar-refractivity contribution in [2.24, 2.45) is 5.92 Å². The van der Waals surface area contributed by atoms with Crippen LogP contribution in [0.2, 0.25) is 0 Å². The van der Waals surface area contributed by atoms with Gasteiger partial charge in [0.15, 0.2) is 11.5 Å². The van der Waals surface area contributed by atoms with Crippen LogP contribution in [-0.4, -0.2) is 20.8 Å². The van der Waals surface area contributed by atoms with Crippen LogP contribution in [0.3, 0.4) is 0 Å².